The smallest absolute Gasteiger partial charge is 0.259 e. The van der Waals surface area contributed by atoms with Crippen LogP contribution in [0.1, 0.15) is 18.2 Å². The minimum Gasteiger partial charge on any atom is -0.396 e. The van der Waals surface area contributed by atoms with E-state index in [1.807, 2.05) is 0 Å². The lowest BCUT2D eigenvalue weighted by molar-refractivity contribution is -0.114. The number of nitrogens with one attached hydrogen (secondary N) is 2. The highest BCUT2D eigenvalue weighted by Crippen LogP contribution is 2.25. The molecule has 0 unspecified atom stereocenters. The molecule has 1 heterocycles. The lowest BCUT2D eigenvalue weighted by Crippen LogP contribution is -2.28. The predicted octanol–water partition coefficient (Wildman–Crippen LogP) is 0.0872. The van der Waals surface area contributed by atoms with E-state index in [1.165, 1.54) is 6.92 Å². The molecule has 120 valence electrons. The van der Waals surface area contributed by atoms with Gasteiger partial charge >= 0.3 is 0 Å². The Kier molecular flexibility index (Phi) is 7.18. The molecule has 0 saturated carbocycles. The van der Waals surface area contributed by atoms with Crippen LogP contribution in [0.5, 0.6) is 0 Å². The number of sulfonamides is 1. The Morgan fingerprint density at radius 2 is 2.14 bits per heavy atom. The summed E-state index contributed by atoms with van der Waals surface area (Å²) in [5, 5.41) is 11.2. The lowest BCUT2D eigenvalue weighted by Gasteiger charge is -2.06. The van der Waals surface area contributed by atoms with Crippen molar-refractivity contribution in [3.63, 3.8) is 0 Å². The molecule has 0 aliphatic rings. The zero-order valence-corrected chi connectivity index (χ0v) is 13.5. The summed E-state index contributed by atoms with van der Waals surface area (Å²) in [6.07, 6.45) is 0.512. The van der Waals surface area contributed by atoms with E-state index in [0.29, 0.717) is 17.9 Å². The largest absolute Gasteiger partial charge is 0.396 e. The van der Waals surface area contributed by atoms with Gasteiger partial charge in [0, 0.05) is 31.6 Å². The van der Waals surface area contributed by atoms with E-state index in [0.717, 1.165) is 11.3 Å². The predicted molar refractivity (Wildman–Crippen MR) is 78.9 cm³/mol. The summed E-state index contributed by atoms with van der Waals surface area (Å²) in [5.74, 6) is -0.307. The molecule has 0 aliphatic carbocycles. The molecular formula is C11H19N3O5S2. The Bertz CT molecular complexity index is 570. The number of amides is 1. The lowest BCUT2D eigenvalue weighted by atomic mass is 10.5. The summed E-state index contributed by atoms with van der Waals surface area (Å²) in [7, 11) is -3.73. The van der Waals surface area contributed by atoms with E-state index >= 15 is 0 Å². The molecule has 0 fully saturated rings. The van der Waals surface area contributed by atoms with Crippen molar-refractivity contribution in [2.75, 3.05) is 31.7 Å². The molecule has 0 spiro atoms. The number of nitrogens with zero attached hydrogens (tertiary/aromatic N) is 1. The molecule has 0 aliphatic heterocycles. The molecule has 10 heteroatoms. The monoisotopic (exact) mass is 337 g/mol. The quantitative estimate of drug-likeness (QED) is 0.550. The highest BCUT2D eigenvalue weighted by atomic mass is 32.2. The standard InChI is InChI=1S/C11H19N3O5S2/c1-8-10(14-11(20-8)13-9(2)16)21(17,18)12-4-7-19-6-3-5-15/h12,15H,3-7H2,1-2H3,(H,13,14,16). The first kappa shape index (κ1) is 18.0. The zero-order chi connectivity index (χ0) is 15.9. The van der Waals surface area contributed by atoms with Crippen molar-refractivity contribution in [1.82, 2.24) is 9.71 Å². The molecule has 1 aromatic heterocycles. The van der Waals surface area contributed by atoms with Gasteiger partial charge in [0.25, 0.3) is 10.0 Å². The maximum Gasteiger partial charge on any atom is 0.259 e. The Labute approximate surface area is 127 Å². The number of carbonyl (C=O) groups is 1. The van der Waals surface area contributed by atoms with Crippen molar-refractivity contribution in [3.8, 4) is 0 Å². The van der Waals surface area contributed by atoms with Gasteiger partial charge in [-0.05, 0) is 13.3 Å². The average Bonchev–Trinajstić information content (AvgIpc) is 2.74. The topological polar surface area (TPSA) is 118 Å². The number of carbonyl (C=O) groups excluding carboxylic acids is 1. The van der Waals surface area contributed by atoms with Crippen LogP contribution in [0.4, 0.5) is 5.13 Å². The van der Waals surface area contributed by atoms with E-state index < -0.39 is 10.0 Å². The van der Waals surface area contributed by atoms with Crippen molar-refractivity contribution < 1.29 is 23.1 Å². The van der Waals surface area contributed by atoms with Crippen LogP contribution in [-0.2, 0) is 19.6 Å². The van der Waals surface area contributed by atoms with Crippen molar-refractivity contribution in [1.29, 1.82) is 0 Å². The van der Waals surface area contributed by atoms with Crippen LogP contribution in [0, 0.1) is 6.92 Å². The third-order valence-corrected chi connectivity index (χ3v) is 4.78. The minimum atomic E-state index is -3.73. The van der Waals surface area contributed by atoms with Gasteiger partial charge in [-0.25, -0.2) is 18.1 Å². The number of ether oxygens (including phenoxy) is 1. The first-order chi connectivity index (χ1) is 9.86. The molecular weight excluding hydrogens is 318 g/mol. The number of aromatic nitrogens is 1. The maximum absolute atomic E-state index is 12.1. The molecule has 0 bridgehead atoms. The van der Waals surface area contributed by atoms with Gasteiger partial charge in [-0.3, -0.25) is 4.79 Å². The van der Waals surface area contributed by atoms with Crippen LogP contribution in [-0.4, -0.2) is 50.8 Å². The van der Waals surface area contributed by atoms with Crippen molar-refractivity contribution >= 4 is 32.4 Å². The Morgan fingerprint density at radius 1 is 1.43 bits per heavy atom. The molecule has 0 radical (unpaired) electrons. The number of hydrogen-bond acceptors (Lipinski definition) is 7. The van der Waals surface area contributed by atoms with Gasteiger partial charge in [-0.15, -0.1) is 11.3 Å². The van der Waals surface area contributed by atoms with Gasteiger partial charge < -0.3 is 15.2 Å². The van der Waals surface area contributed by atoms with Gasteiger partial charge in [0.15, 0.2) is 10.2 Å². The number of thiazole rings is 1. The second kappa shape index (κ2) is 8.39. The number of anilines is 1. The first-order valence-corrected chi connectivity index (χ1v) is 8.60. The molecule has 1 rings (SSSR count). The van der Waals surface area contributed by atoms with Gasteiger partial charge in [-0.2, -0.15) is 0 Å². The second-order valence-corrected chi connectivity index (χ2v) is 7.03. The molecule has 0 saturated heterocycles. The maximum atomic E-state index is 12.1. The summed E-state index contributed by atoms with van der Waals surface area (Å²) in [6.45, 7) is 3.68. The number of aliphatic hydroxyl groups is 1. The van der Waals surface area contributed by atoms with E-state index in [-0.39, 0.29) is 35.8 Å². The second-order valence-electron chi connectivity index (χ2n) is 4.15. The van der Waals surface area contributed by atoms with E-state index in [1.54, 1.807) is 6.92 Å². The van der Waals surface area contributed by atoms with E-state index in [9.17, 15) is 13.2 Å². The summed E-state index contributed by atoms with van der Waals surface area (Å²) in [5.41, 5.74) is 0. The third-order valence-electron chi connectivity index (χ3n) is 2.28. The number of aliphatic hydroxyl groups excluding tert-OH is 1. The van der Waals surface area contributed by atoms with Gasteiger partial charge in [0.2, 0.25) is 5.91 Å². The van der Waals surface area contributed by atoms with Crippen LogP contribution >= 0.6 is 11.3 Å². The molecule has 0 aromatic carbocycles. The van der Waals surface area contributed by atoms with Crippen LogP contribution in [0.15, 0.2) is 5.03 Å². The highest BCUT2D eigenvalue weighted by molar-refractivity contribution is 7.89. The van der Waals surface area contributed by atoms with Gasteiger partial charge in [0.05, 0.1) is 6.61 Å². The fraction of sp³-hybridized carbons (Fsp3) is 0.636. The minimum absolute atomic E-state index is 0.0374. The third kappa shape index (κ3) is 6.06. The highest BCUT2D eigenvalue weighted by Gasteiger charge is 2.21. The number of rotatable bonds is 9. The van der Waals surface area contributed by atoms with Crippen molar-refractivity contribution in [2.45, 2.75) is 25.3 Å². The molecule has 0 atom stereocenters. The van der Waals surface area contributed by atoms with Crippen molar-refractivity contribution in [3.05, 3.63) is 4.88 Å². The van der Waals surface area contributed by atoms with Crippen LogP contribution in [0.25, 0.3) is 0 Å². The number of hydrogen-bond donors (Lipinski definition) is 3. The van der Waals surface area contributed by atoms with Gasteiger partial charge in [0.1, 0.15) is 0 Å². The molecule has 1 aromatic rings. The first-order valence-electron chi connectivity index (χ1n) is 6.30. The molecule has 3 N–H and O–H groups in total. The van der Waals surface area contributed by atoms with E-state index in [2.05, 4.69) is 15.0 Å². The van der Waals surface area contributed by atoms with Crippen LogP contribution < -0.4 is 10.0 Å². The summed E-state index contributed by atoms with van der Waals surface area (Å²) < 4.78 is 31.6. The molecule has 8 nitrogen and oxygen atoms in total. The SMILES string of the molecule is CC(=O)Nc1nc(S(=O)(=O)NCCOCCCO)c(C)s1. The summed E-state index contributed by atoms with van der Waals surface area (Å²) in [6, 6.07) is 0. The molecule has 21 heavy (non-hydrogen) atoms. The Hall–Kier alpha value is -1.07. The van der Waals surface area contributed by atoms with Gasteiger partial charge in [-0.1, -0.05) is 0 Å². The fourth-order valence-corrected chi connectivity index (χ4v) is 3.77. The van der Waals surface area contributed by atoms with Crippen LogP contribution in [0.2, 0.25) is 0 Å². The molecule has 1 amide bonds. The Morgan fingerprint density at radius 3 is 2.76 bits per heavy atom. The Balaban J connectivity index is 2.57. The zero-order valence-electron chi connectivity index (χ0n) is 11.9. The summed E-state index contributed by atoms with van der Waals surface area (Å²) >= 11 is 1.10. The average molecular weight is 337 g/mol. The van der Waals surface area contributed by atoms with Crippen molar-refractivity contribution in [2.24, 2.45) is 0 Å². The normalized spacial score (nSPS) is 11.6. The van der Waals surface area contributed by atoms with E-state index in [4.69, 9.17) is 9.84 Å². The summed E-state index contributed by atoms with van der Waals surface area (Å²) in [4.78, 5) is 15.3. The fourth-order valence-electron chi connectivity index (χ4n) is 1.42. The number of aryl methyl sites for hydroxylation is 1. The van der Waals surface area contributed by atoms with Crippen LogP contribution in [0.3, 0.4) is 0 Å².